The Labute approximate surface area is 130 Å². The van der Waals surface area contributed by atoms with Crippen LogP contribution in [0.25, 0.3) is 0 Å². The van der Waals surface area contributed by atoms with Crippen molar-refractivity contribution in [2.75, 3.05) is 13.2 Å². The predicted octanol–water partition coefficient (Wildman–Crippen LogP) is 2.01. The fourth-order valence-electron chi connectivity index (χ4n) is 1.70. The van der Waals surface area contributed by atoms with Crippen molar-refractivity contribution in [3.63, 3.8) is 0 Å². The summed E-state index contributed by atoms with van der Waals surface area (Å²) in [5.74, 6) is -0.556. The van der Waals surface area contributed by atoms with E-state index in [9.17, 15) is 9.59 Å². The highest BCUT2D eigenvalue weighted by atomic mass is 16.6. The fourth-order valence-corrected chi connectivity index (χ4v) is 1.70. The maximum absolute atomic E-state index is 11.8. The smallest absolute Gasteiger partial charge is 0.408 e. The van der Waals surface area contributed by atoms with Gasteiger partial charge in [-0.15, -0.1) is 0 Å². The third-order valence-corrected chi connectivity index (χ3v) is 2.95. The number of nitrogens with one attached hydrogen (secondary N) is 1. The Kier molecular flexibility index (Phi) is 8.67. The molecular weight excluding hydrogens is 286 g/mol. The van der Waals surface area contributed by atoms with Gasteiger partial charge in [-0.1, -0.05) is 43.7 Å². The summed E-state index contributed by atoms with van der Waals surface area (Å²) in [7, 11) is 0. The van der Waals surface area contributed by atoms with Crippen molar-refractivity contribution in [2.45, 2.75) is 38.8 Å². The molecule has 0 saturated heterocycles. The SMILES string of the molecule is CCCCOC(=O)C(CCO)NC(=O)OCc1ccccc1. The van der Waals surface area contributed by atoms with Crippen LogP contribution in [0.3, 0.4) is 0 Å². The van der Waals surface area contributed by atoms with Gasteiger partial charge in [0.1, 0.15) is 12.6 Å². The lowest BCUT2D eigenvalue weighted by molar-refractivity contribution is -0.146. The minimum Gasteiger partial charge on any atom is -0.464 e. The Morgan fingerprint density at radius 1 is 1.23 bits per heavy atom. The van der Waals surface area contributed by atoms with Crippen molar-refractivity contribution in [1.29, 1.82) is 0 Å². The van der Waals surface area contributed by atoms with E-state index in [-0.39, 0.29) is 19.6 Å². The average molecular weight is 309 g/mol. The van der Waals surface area contributed by atoms with Crippen molar-refractivity contribution in [3.8, 4) is 0 Å². The number of rotatable bonds is 9. The monoisotopic (exact) mass is 309 g/mol. The first-order valence-corrected chi connectivity index (χ1v) is 7.42. The topological polar surface area (TPSA) is 84.9 Å². The molecule has 0 saturated carbocycles. The van der Waals surface area contributed by atoms with Gasteiger partial charge in [0, 0.05) is 13.0 Å². The largest absolute Gasteiger partial charge is 0.464 e. The third kappa shape index (κ3) is 7.08. The number of amides is 1. The molecule has 0 spiro atoms. The number of hydrogen-bond donors (Lipinski definition) is 2. The van der Waals surface area contributed by atoms with E-state index in [1.807, 2.05) is 37.3 Å². The lowest BCUT2D eigenvalue weighted by Crippen LogP contribution is -2.42. The second-order valence-corrected chi connectivity index (χ2v) is 4.79. The first-order chi connectivity index (χ1) is 10.7. The normalized spacial score (nSPS) is 11.5. The lowest BCUT2D eigenvalue weighted by atomic mass is 10.2. The van der Waals surface area contributed by atoms with E-state index >= 15 is 0 Å². The van der Waals surface area contributed by atoms with E-state index in [1.54, 1.807) is 0 Å². The minimum atomic E-state index is -0.898. The van der Waals surface area contributed by atoms with E-state index in [4.69, 9.17) is 14.6 Å². The van der Waals surface area contributed by atoms with Gasteiger partial charge in [0.2, 0.25) is 0 Å². The van der Waals surface area contributed by atoms with E-state index < -0.39 is 18.1 Å². The lowest BCUT2D eigenvalue weighted by Gasteiger charge is -2.16. The van der Waals surface area contributed by atoms with Gasteiger partial charge in [-0.05, 0) is 12.0 Å². The number of alkyl carbamates (subject to hydrolysis) is 1. The quantitative estimate of drug-likeness (QED) is 0.538. The van der Waals surface area contributed by atoms with Crippen molar-refractivity contribution >= 4 is 12.1 Å². The van der Waals surface area contributed by atoms with Gasteiger partial charge in [-0.25, -0.2) is 9.59 Å². The zero-order valence-corrected chi connectivity index (χ0v) is 12.8. The minimum absolute atomic E-state index is 0.0887. The van der Waals surface area contributed by atoms with Crippen LogP contribution in [0.2, 0.25) is 0 Å². The number of aliphatic hydroxyl groups is 1. The first-order valence-electron chi connectivity index (χ1n) is 7.42. The molecule has 0 heterocycles. The molecule has 1 atom stereocenters. The van der Waals surface area contributed by atoms with Crippen LogP contribution in [-0.4, -0.2) is 36.4 Å². The van der Waals surface area contributed by atoms with Gasteiger partial charge < -0.3 is 19.9 Å². The second-order valence-electron chi connectivity index (χ2n) is 4.79. The van der Waals surface area contributed by atoms with Crippen LogP contribution in [0, 0.1) is 0 Å². The number of benzene rings is 1. The summed E-state index contributed by atoms with van der Waals surface area (Å²) in [5, 5.41) is 11.4. The number of aliphatic hydroxyl groups excluding tert-OH is 1. The van der Waals surface area contributed by atoms with Crippen molar-refractivity contribution in [3.05, 3.63) is 35.9 Å². The van der Waals surface area contributed by atoms with E-state index in [0.29, 0.717) is 6.61 Å². The molecule has 6 nitrogen and oxygen atoms in total. The summed E-state index contributed by atoms with van der Waals surface area (Å²) >= 11 is 0. The summed E-state index contributed by atoms with van der Waals surface area (Å²) in [6.07, 6.45) is 1.04. The number of ether oxygens (including phenoxy) is 2. The average Bonchev–Trinajstić information content (AvgIpc) is 2.53. The predicted molar refractivity (Wildman–Crippen MR) is 81.1 cm³/mol. The standard InChI is InChI=1S/C16H23NO5/c1-2-3-11-21-15(19)14(9-10-18)17-16(20)22-12-13-7-5-4-6-8-13/h4-8,14,18H,2-3,9-12H2,1H3,(H,17,20). The van der Waals surface area contributed by atoms with Crippen LogP contribution in [-0.2, 0) is 20.9 Å². The molecule has 0 bridgehead atoms. The number of carbonyl (C=O) groups excluding carboxylic acids is 2. The number of hydrogen-bond acceptors (Lipinski definition) is 5. The van der Waals surface area contributed by atoms with Crippen LogP contribution < -0.4 is 5.32 Å². The van der Waals surface area contributed by atoms with Gasteiger partial charge in [0.15, 0.2) is 0 Å². The molecule has 1 aromatic rings. The molecule has 2 N–H and O–H groups in total. The number of esters is 1. The molecule has 1 amide bonds. The van der Waals surface area contributed by atoms with Gasteiger partial charge in [0.05, 0.1) is 6.61 Å². The highest BCUT2D eigenvalue weighted by Gasteiger charge is 2.22. The molecule has 0 aliphatic rings. The molecule has 22 heavy (non-hydrogen) atoms. The highest BCUT2D eigenvalue weighted by Crippen LogP contribution is 2.02. The Morgan fingerprint density at radius 3 is 2.59 bits per heavy atom. The fraction of sp³-hybridized carbons (Fsp3) is 0.500. The second kappa shape index (κ2) is 10.6. The van der Waals surface area contributed by atoms with Crippen LogP contribution >= 0.6 is 0 Å². The van der Waals surface area contributed by atoms with Crippen LogP contribution in [0.5, 0.6) is 0 Å². The van der Waals surface area contributed by atoms with Gasteiger partial charge in [-0.3, -0.25) is 0 Å². The van der Waals surface area contributed by atoms with E-state index in [0.717, 1.165) is 18.4 Å². The molecule has 122 valence electrons. The van der Waals surface area contributed by atoms with Crippen LogP contribution in [0.15, 0.2) is 30.3 Å². The maximum Gasteiger partial charge on any atom is 0.408 e. The van der Waals surface area contributed by atoms with E-state index in [1.165, 1.54) is 0 Å². The summed E-state index contributed by atoms with van der Waals surface area (Å²) in [6, 6.07) is 8.32. The zero-order chi connectivity index (χ0) is 16.2. The Morgan fingerprint density at radius 2 is 1.95 bits per heavy atom. The Hall–Kier alpha value is -2.08. The maximum atomic E-state index is 11.8. The third-order valence-electron chi connectivity index (χ3n) is 2.95. The van der Waals surface area contributed by atoms with Crippen molar-refractivity contribution in [2.24, 2.45) is 0 Å². The summed E-state index contributed by atoms with van der Waals surface area (Å²) in [4.78, 5) is 23.5. The summed E-state index contributed by atoms with van der Waals surface area (Å²) < 4.78 is 10.1. The molecule has 0 fully saturated rings. The molecule has 1 rings (SSSR count). The first kappa shape index (κ1) is 18.0. The van der Waals surface area contributed by atoms with Crippen molar-refractivity contribution < 1.29 is 24.2 Å². The molecular formula is C16H23NO5. The Balaban J connectivity index is 2.40. The molecule has 0 aliphatic heterocycles. The van der Waals surface area contributed by atoms with Crippen LogP contribution in [0.4, 0.5) is 4.79 Å². The molecule has 1 unspecified atom stereocenters. The number of carbonyl (C=O) groups is 2. The Bertz CT molecular complexity index is 449. The molecule has 0 radical (unpaired) electrons. The molecule has 0 aromatic heterocycles. The summed E-state index contributed by atoms with van der Waals surface area (Å²) in [6.45, 7) is 2.17. The zero-order valence-electron chi connectivity index (χ0n) is 12.8. The molecule has 1 aromatic carbocycles. The molecule has 0 aliphatic carbocycles. The van der Waals surface area contributed by atoms with Crippen LogP contribution in [0.1, 0.15) is 31.7 Å². The summed E-state index contributed by atoms with van der Waals surface area (Å²) in [5.41, 5.74) is 0.849. The van der Waals surface area contributed by atoms with Crippen molar-refractivity contribution in [1.82, 2.24) is 5.32 Å². The van der Waals surface area contributed by atoms with E-state index in [2.05, 4.69) is 5.32 Å². The highest BCUT2D eigenvalue weighted by molar-refractivity contribution is 5.81. The molecule has 6 heteroatoms. The van der Waals surface area contributed by atoms with Gasteiger partial charge in [-0.2, -0.15) is 0 Å². The van der Waals surface area contributed by atoms with Gasteiger partial charge >= 0.3 is 12.1 Å². The number of unbranched alkanes of at least 4 members (excludes halogenated alkanes) is 1. The van der Waals surface area contributed by atoms with Gasteiger partial charge in [0.25, 0.3) is 0 Å².